The topological polar surface area (TPSA) is 77.2 Å². The Hall–Kier alpha value is -3.04. The van der Waals surface area contributed by atoms with Crippen LogP contribution in [0.4, 0.5) is 10.3 Å². The van der Waals surface area contributed by atoms with Gasteiger partial charge in [0.05, 0.1) is 30.3 Å². The Morgan fingerprint density at radius 1 is 1.06 bits per heavy atom. The van der Waals surface area contributed by atoms with Crippen LogP contribution in [0.5, 0.6) is 0 Å². The van der Waals surface area contributed by atoms with Gasteiger partial charge in [-0.25, -0.2) is 19.2 Å². The van der Waals surface area contributed by atoms with Crippen molar-refractivity contribution in [2.45, 2.75) is 57.7 Å². The number of hydrogen-bond donors (Lipinski definition) is 1. The third-order valence-corrected chi connectivity index (χ3v) is 7.07. The highest BCUT2D eigenvalue weighted by molar-refractivity contribution is 5.59. The minimum atomic E-state index is -0.344. The number of hydrogen-bond acceptors (Lipinski definition) is 6. The van der Waals surface area contributed by atoms with Crippen LogP contribution in [-0.4, -0.2) is 62.4 Å². The van der Waals surface area contributed by atoms with Crippen molar-refractivity contribution in [3.63, 3.8) is 0 Å². The SMILES string of the molecule is CC(C)n1cc(-c2ccnc(NC3CCC(N4CCOCC4)CC3)n2)n(-c2ccc(F)cc2)c1=O. The van der Waals surface area contributed by atoms with Crippen LogP contribution in [0.15, 0.2) is 47.5 Å². The van der Waals surface area contributed by atoms with Crippen LogP contribution in [0.1, 0.15) is 45.6 Å². The molecule has 1 aromatic carbocycles. The average Bonchev–Trinajstić information content (AvgIpc) is 3.23. The lowest BCUT2D eigenvalue weighted by atomic mass is 9.90. The van der Waals surface area contributed by atoms with E-state index in [1.165, 1.54) is 12.1 Å². The molecule has 2 aliphatic rings. The van der Waals surface area contributed by atoms with Gasteiger partial charge in [0.25, 0.3) is 0 Å². The summed E-state index contributed by atoms with van der Waals surface area (Å²) in [6.07, 6.45) is 7.98. The number of morpholine rings is 1. The highest BCUT2D eigenvalue weighted by Crippen LogP contribution is 2.27. The summed E-state index contributed by atoms with van der Waals surface area (Å²) in [5.74, 6) is 0.219. The zero-order valence-electron chi connectivity index (χ0n) is 20.4. The molecule has 9 heteroatoms. The second-order valence-electron chi connectivity index (χ2n) is 9.67. The number of nitrogens with one attached hydrogen (secondary N) is 1. The first-order chi connectivity index (χ1) is 17.0. The van der Waals surface area contributed by atoms with Gasteiger partial charge in [0, 0.05) is 43.6 Å². The highest BCUT2D eigenvalue weighted by atomic mass is 19.1. The lowest BCUT2D eigenvalue weighted by molar-refractivity contribution is 0.00790. The quantitative estimate of drug-likeness (QED) is 0.577. The highest BCUT2D eigenvalue weighted by Gasteiger charge is 2.27. The number of aromatic nitrogens is 4. The summed E-state index contributed by atoms with van der Waals surface area (Å²) in [5.41, 5.74) is 1.71. The van der Waals surface area contributed by atoms with E-state index >= 15 is 0 Å². The van der Waals surface area contributed by atoms with Crippen LogP contribution in [-0.2, 0) is 4.74 Å². The molecular weight excluding hydrogens is 447 g/mol. The number of imidazole rings is 1. The summed E-state index contributed by atoms with van der Waals surface area (Å²) in [6.45, 7) is 7.64. The molecule has 1 saturated heterocycles. The monoisotopic (exact) mass is 480 g/mol. The second kappa shape index (κ2) is 10.3. The van der Waals surface area contributed by atoms with Crippen LogP contribution in [0.2, 0.25) is 0 Å². The lowest BCUT2D eigenvalue weighted by Crippen LogP contribution is -2.46. The zero-order valence-corrected chi connectivity index (χ0v) is 20.4. The Kier molecular flexibility index (Phi) is 6.97. The number of rotatable bonds is 6. The molecule has 0 amide bonds. The smallest absolute Gasteiger partial charge is 0.333 e. The largest absolute Gasteiger partial charge is 0.379 e. The number of halogens is 1. The molecule has 1 aliphatic carbocycles. The molecule has 0 unspecified atom stereocenters. The maximum atomic E-state index is 13.5. The van der Waals surface area contributed by atoms with Crippen molar-refractivity contribution in [3.05, 3.63) is 59.0 Å². The van der Waals surface area contributed by atoms with Gasteiger partial charge >= 0.3 is 5.69 Å². The minimum Gasteiger partial charge on any atom is -0.379 e. The van der Waals surface area contributed by atoms with Crippen LogP contribution in [0.3, 0.4) is 0 Å². The molecule has 35 heavy (non-hydrogen) atoms. The van der Waals surface area contributed by atoms with E-state index < -0.39 is 0 Å². The van der Waals surface area contributed by atoms with Gasteiger partial charge < -0.3 is 10.1 Å². The van der Waals surface area contributed by atoms with Gasteiger partial charge in [-0.3, -0.25) is 14.0 Å². The molecule has 0 radical (unpaired) electrons. The van der Waals surface area contributed by atoms with E-state index in [-0.39, 0.29) is 17.5 Å². The third kappa shape index (κ3) is 5.16. The molecule has 3 heterocycles. The maximum absolute atomic E-state index is 13.5. The van der Waals surface area contributed by atoms with E-state index in [0.29, 0.717) is 35.1 Å². The van der Waals surface area contributed by atoms with Gasteiger partial charge in [0.1, 0.15) is 5.82 Å². The van der Waals surface area contributed by atoms with Crippen molar-refractivity contribution in [3.8, 4) is 17.1 Å². The Balaban J connectivity index is 1.36. The van der Waals surface area contributed by atoms with Crippen LogP contribution >= 0.6 is 0 Å². The average molecular weight is 481 g/mol. The standard InChI is InChI=1S/C26H33FN6O2/c1-18(2)32-17-24(33(26(32)34)22-7-3-19(27)4-8-22)23-11-12-28-25(30-23)29-20-5-9-21(10-6-20)31-13-15-35-16-14-31/h3-4,7-8,11-12,17-18,20-21H,5-6,9-10,13-16H2,1-2H3,(H,28,29,30). The van der Waals surface area contributed by atoms with Crippen molar-refractivity contribution in [1.29, 1.82) is 0 Å². The number of anilines is 1. The summed E-state index contributed by atoms with van der Waals surface area (Å²) in [4.78, 5) is 25.0. The third-order valence-electron chi connectivity index (χ3n) is 7.07. The normalized spacial score (nSPS) is 21.4. The van der Waals surface area contributed by atoms with Crippen molar-refractivity contribution in [2.24, 2.45) is 0 Å². The first-order valence-corrected chi connectivity index (χ1v) is 12.5. The second-order valence-corrected chi connectivity index (χ2v) is 9.67. The van der Waals surface area contributed by atoms with E-state index in [4.69, 9.17) is 9.72 Å². The fourth-order valence-corrected chi connectivity index (χ4v) is 5.13. The van der Waals surface area contributed by atoms with Gasteiger partial charge in [0.15, 0.2) is 0 Å². The first kappa shape index (κ1) is 23.7. The molecular formula is C26H33FN6O2. The fourth-order valence-electron chi connectivity index (χ4n) is 5.13. The van der Waals surface area contributed by atoms with E-state index in [2.05, 4.69) is 15.2 Å². The van der Waals surface area contributed by atoms with Crippen molar-refractivity contribution >= 4 is 5.95 Å². The molecule has 1 N–H and O–H groups in total. The predicted octanol–water partition coefficient (Wildman–Crippen LogP) is 3.87. The number of benzene rings is 1. The van der Waals surface area contributed by atoms with Crippen molar-refractivity contribution in [1.82, 2.24) is 24.0 Å². The molecule has 8 nitrogen and oxygen atoms in total. The van der Waals surface area contributed by atoms with Gasteiger partial charge in [-0.05, 0) is 69.9 Å². The van der Waals surface area contributed by atoms with Crippen molar-refractivity contribution < 1.29 is 9.13 Å². The fraction of sp³-hybridized carbons (Fsp3) is 0.500. The molecule has 0 atom stereocenters. The van der Waals surface area contributed by atoms with Crippen LogP contribution in [0.25, 0.3) is 17.1 Å². The van der Waals surface area contributed by atoms with E-state index in [1.807, 2.05) is 20.0 Å². The molecule has 0 spiro atoms. The molecule has 2 aromatic heterocycles. The minimum absolute atomic E-state index is 0.0240. The predicted molar refractivity (Wildman–Crippen MR) is 133 cm³/mol. The van der Waals surface area contributed by atoms with E-state index in [0.717, 1.165) is 52.0 Å². The Labute approximate surface area is 204 Å². The van der Waals surface area contributed by atoms with Gasteiger partial charge in [-0.2, -0.15) is 0 Å². The molecule has 5 rings (SSSR count). The molecule has 3 aromatic rings. The summed E-state index contributed by atoms with van der Waals surface area (Å²) in [7, 11) is 0. The number of ether oxygens (including phenoxy) is 1. The van der Waals surface area contributed by atoms with E-state index in [9.17, 15) is 9.18 Å². The number of nitrogens with zero attached hydrogens (tertiary/aromatic N) is 5. The Morgan fingerprint density at radius 2 is 1.77 bits per heavy atom. The summed E-state index contributed by atoms with van der Waals surface area (Å²) in [6, 6.07) is 8.67. The molecule has 186 valence electrons. The maximum Gasteiger partial charge on any atom is 0.333 e. The van der Waals surface area contributed by atoms with Crippen LogP contribution in [0, 0.1) is 5.82 Å². The zero-order chi connectivity index (χ0) is 24.4. The van der Waals surface area contributed by atoms with Gasteiger partial charge in [-0.15, -0.1) is 0 Å². The lowest BCUT2D eigenvalue weighted by Gasteiger charge is -2.38. The van der Waals surface area contributed by atoms with Crippen molar-refractivity contribution in [2.75, 3.05) is 31.6 Å². The van der Waals surface area contributed by atoms with Crippen LogP contribution < -0.4 is 11.0 Å². The Morgan fingerprint density at radius 3 is 2.46 bits per heavy atom. The molecule has 1 saturated carbocycles. The summed E-state index contributed by atoms with van der Waals surface area (Å²) in [5, 5.41) is 3.52. The van der Waals surface area contributed by atoms with Gasteiger partial charge in [0.2, 0.25) is 5.95 Å². The first-order valence-electron chi connectivity index (χ1n) is 12.5. The molecule has 2 fully saturated rings. The Bertz CT molecular complexity index is 1190. The molecule has 1 aliphatic heterocycles. The summed E-state index contributed by atoms with van der Waals surface area (Å²) < 4.78 is 22.3. The van der Waals surface area contributed by atoms with E-state index in [1.54, 1.807) is 33.5 Å². The molecule has 0 bridgehead atoms. The summed E-state index contributed by atoms with van der Waals surface area (Å²) >= 11 is 0. The van der Waals surface area contributed by atoms with Gasteiger partial charge in [-0.1, -0.05) is 0 Å².